The van der Waals surface area contributed by atoms with Crippen LogP contribution in [0.3, 0.4) is 0 Å². The van der Waals surface area contributed by atoms with Crippen molar-refractivity contribution >= 4 is 17.8 Å². The fourth-order valence-corrected chi connectivity index (χ4v) is 5.22. The largest absolute Gasteiger partial charge is 0.392 e. The number of carbonyl (C=O) groups excluding carboxylic acids is 1. The molecule has 3 unspecified atom stereocenters. The summed E-state index contributed by atoms with van der Waals surface area (Å²) in [5.74, 6) is 0.666. The second kappa shape index (κ2) is 13.5. The molecule has 3 atom stereocenters. The van der Waals surface area contributed by atoms with E-state index < -0.39 is 6.29 Å². The Bertz CT molecular complexity index is 1370. The number of thioether (sulfide) groups is 1. The first kappa shape index (κ1) is 27.8. The van der Waals surface area contributed by atoms with Crippen LogP contribution in [0.25, 0.3) is 0 Å². The minimum atomic E-state index is -0.560. The first-order valence-corrected chi connectivity index (χ1v) is 14.1. The Labute approximate surface area is 237 Å². The zero-order chi connectivity index (χ0) is 27.7. The Morgan fingerprint density at radius 3 is 2.23 bits per heavy atom. The van der Waals surface area contributed by atoms with Gasteiger partial charge in [-0.15, -0.1) is 5.10 Å². The molecule has 208 valence electrons. The van der Waals surface area contributed by atoms with E-state index in [2.05, 4.69) is 26.2 Å². The summed E-state index contributed by atoms with van der Waals surface area (Å²) in [6.45, 7) is 0.870. The maximum absolute atomic E-state index is 12.2. The van der Waals surface area contributed by atoms with Crippen molar-refractivity contribution in [2.75, 3.05) is 5.75 Å². The van der Waals surface area contributed by atoms with Gasteiger partial charge < -0.3 is 25.2 Å². The van der Waals surface area contributed by atoms with Gasteiger partial charge in [-0.25, -0.2) is 9.48 Å². The van der Waals surface area contributed by atoms with Crippen LogP contribution < -0.4 is 10.6 Å². The third-order valence-electron chi connectivity index (χ3n) is 6.60. The Morgan fingerprint density at radius 1 is 0.925 bits per heavy atom. The number of benzene rings is 3. The lowest BCUT2D eigenvalue weighted by Gasteiger charge is -2.36. The molecule has 1 fully saturated rings. The van der Waals surface area contributed by atoms with Crippen LogP contribution in [-0.2, 0) is 36.2 Å². The summed E-state index contributed by atoms with van der Waals surface area (Å²) in [6.07, 6.45) is -0.162. The third kappa shape index (κ3) is 7.45. The molecule has 1 saturated heterocycles. The van der Waals surface area contributed by atoms with Crippen molar-refractivity contribution in [2.24, 2.45) is 7.05 Å². The lowest BCUT2D eigenvalue weighted by Crippen LogP contribution is -2.34. The third-order valence-corrected chi connectivity index (χ3v) is 7.74. The maximum atomic E-state index is 12.2. The van der Waals surface area contributed by atoms with Gasteiger partial charge in [0.2, 0.25) is 5.16 Å². The van der Waals surface area contributed by atoms with Gasteiger partial charge in [0.15, 0.2) is 6.29 Å². The SMILES string of the molecule is Cn1nnnc1SCC1CC(c2ccc(CO)cc2)OC(c2ccc(CNC(=O)NCc3ccccc3)cc2)O1. The first-order valence-electron chi connectivity index (χ1n) is 13.1. The average molecular weight is 561 g/mol. The molecule has 4 aromatic rings. The molecule has 11 heteroatoms. The summed E-state index contributed by atoms with van der Waals surface area (Å²) in [7, 11) is 1.81. The van der Waals surface area contributed by atoms with Crippen LogP contribution in [0.5, 0.6) is 0 Å². The van der Waals surface area contributed by atoms with Gasteiger partial charge in [0.1, 0.15) is 0 Å². The van der Waals surface area contributed by atoms with Crippen molar-refractivity contribution < 1.29 is 19.4 Å². The number of aliphatic hydroxyl groups is 1. The molecule has 5 rings (SSSR count). The number of urea groups is 1. The number of nitrogens with zero attached hydrogens (tertiary/aromatic N) is 4. The summed E-state index contributed by atoms with van der Waals surface area (Å²) in [5, 5.41) is 27.6. The Hall–Kier alpha value is -3.77. The van der Waals surface area contributed by atoms with Crippen LogP contribution >= 0.6 is 11.8 Å². The van der Waals surface area contributed by atoms with E-state index in [4.69, 9.17) is 9.47 Å². The van der Waals surface area contributed by atoms with Gasteiger partial charge in [0.25, 0.3) is 0 Å². The second-order valence-corrected chi connectivity index (χ2v) is 10.5. The van der Waals surface area contributed by atoms with Gasteiger partial charge >= 0.3 is 6.03 Å². The lowest BCUT2D eigenvalue weighted by molar-refractivity contribution is -0.245. The van der Waals surface area contributed by atoms with Crippen LogP contribution in [0.4, 0.5) is 4.79 Å². The fraction of sp³-hybridized carbons (Fsp3) is 0.310. The van der Waals surface area contributed by atoms with Gasteiger partial charge in [-0.3, -0.25) is 0 Å². The Balaban J connectivity index is 1.21. The molecular formula is C29H32N6O4S. The van der Waals surface area contributed by atoms with Crippen molar-refractivity contribution in [3.63, 3.8) is 0 Å². The molecule has 2 amide bonds. The van der Waals surface area contributed by atoms with E-state index >= 15 is 0 Å². The highest BCUT2D eigenvalue weighted by Crippen LogP contribution is 2.39. The van der Waals surface area contributed by atoms with Crippen LogP contribution in [0.2, 0.25) is 0 Å². The highest BCUT2D eigenvalue weighted by atomic mass is 32.2. The summed E-state index contributed by atoms with van der Waals surface area (Å²) in [5.41, 5.74) is 4.79. The molecule has 40 heavy (non-hydrogen) atoms. The van der Waals surface area contributed by atoms with Crippen molar-refractivity contribution in [3.05, 3.63) is 107 Å². The number of hydrogen-bond acceptors (Lipinski definition) is 8. The second-order valence-electron chi connectivity index (χ2n) is 9.51. The molecule has 1 aromatic heterocycles. The monoisotopic (exact) mass is 560 g/mol. The Kier molecular flexibility index (Phi) is 9.40. The van der Waals surface area contributed by atoms with E-state index in [-0.39, 0.29) is 24.8 Å². The number of hydrogen-bond donors (Lipinski definition) is 3. The quantitative estimate of drug-likeness (QED) is 0.248. The van der Waals surface area contributed by atoms with E-state index in [9.17, 15) is 9.90 Å². The van der Waals surface area contributed by atoms with E-state index in [1.54, 1.807) is 16.4 Å². The zero-order valence-electron chi connectivity index (χ0n) is 22.1. The van der Waals surface area contributed by atoms with Crippen LogP contribution in [-0.4, -0.2) is 43.2 Å². The topological polar surface area (TPSA) is 123 Å². The zero-order valence-corrected chi connectivity index (χ0v) is 23.0. The van der Waals surface area contributed by atoms with Gasteiger partial charge in [-0.2, -0.15) is 0 Å². The molecule has 10 nitrogen and oxygen atoms in total. The molecule has 1 aliphatic heterocycles. The number of ether oxygens (including phenoxy) is 2. The maximum Gasteiger partial charge on any atom is 0.315 e. The predicted octanol–water partition coefficient (Wildman–Crippen LogP) is 4.04. The summed E-state index contributed by atoms with van der Waals surface area (Å²) < 4.78 is 14.4. The normalized spacial score (nSPS) is 18.8. The summed E-state index contributed by atoms with van der Waals surface area (Å²) in [6, 6.07) is 25.2. The molecule has 0 aliphatic carbocycles. The average Bonchev–Trinajstić information content (AvgIpc) is 3.43. The number of aryl methyl sites for hydroxylation is 1. The summed E-state index contributed by atoms with van der Waals surface area (Å²) in [4.78, 5) is 12.2. The fourth-order valence-electron chi connectivity index (χ4n) is 4.35. The van der Waals surface area contributed by atoms with E-state index in [0.717, 1.165) is 33.0 Å². The highest BCUT2D eigenvalue weighted by Gasteiger charge is 2.32. The minimum absolute atomic E-state index is 0.00156. The number of rotatable bonds is 10. The van der Waals surface area contributed by atoms with E-state index in [1.165, 1.54) is 0 Å². The van der Waals surface area contributed by atoms with E-state index in [1.807, 2.05) is 85.9 Å². The molecular weight excluding hydrogens is 528 g/mol. The highest BCUT2D eigenvalue weighted by molar-refractivity contribution is 7.99. The molecule has 0 spiro atoms. The molecule has 1 aliphatic rings. The number of aromatic nitrogens is 4. The van der Waals surface area contributed by atoms with Gasteiger partial charge in [-0.05, 0) is 32.7 Å². The number of carbonyl (C=O) groups is 1. The van der Waals surface area contributed by atoms with Gasteiger partial charge in [-0.1, -0.05) is 90.6 Å². The molecule has 0 bridgehead atoms. The molecule has 3 N–H and O–H groups in total. The number of nitrogens with one attached hydrogen (secondary N) is 2. The Morgan fingerprint density at radius 2 is 1.57 bits per heavy atom. The van der Waals surface area contributed by atoms with Crippen molar-refractivity contribution in [3.8, 4) is 0 Å². The summed E-state index contributed by atoms with van der Waals surface area (Å²) >= 11 is 1.54. The smallest absolute Gasteiger partial charge is 0.315 e. The molecule has 2 heterocycles. The van der Waals surface area contributed by atoms with E-state index in [0.29, 0.717) is 25.3 Å². The van der Waals surface area contributed by atoms with Gasteiger partial charge in [0, 0.05) is 37.9 Å². The first-order chi connectivity index (χ1) is 19.6. The van der Waals surface area contributed by atoms with Crippen molar-refractivity contribution in [1.82, 2.24) is 30.8 Å². The van der Waals surface area contributed by atoms with Crippen LogP contribution in [0, 0.1) is 0 Å². The van der Waals surface area contributed by atoms with Crippen LogP contribution in [0.1, 0.15) is 46.6 Å². The molecule has 3 aromatic carbocycles. The molecule has 0 saturated carbocycles. The predicted molar refractivity (Wildman–Crippen MR) is 150 cm³/mol. The van der Waals surface area contributed by atoms with Crippen molar-refractivity contribution in [2.45, 2.75) is 49.8 Å². The lowest BCUT2D eigenvalue weighted by atomic mass is 10.0. The van der Waals surface area contributed by atoms with Crippen molar-refractivity contribution in [1.29, 1.82) is 0 Å². The number of amides is 2. The standard InChI is InChI=1S/C29H32N6O4S/c1-35-29(32-33-34-35)40-19-25-15-26(23-11-9-22(18-36)10-12-23)39-27(38-25)24-13-7-21(8-14-24)17-31-28(37)30-16-20-5-3-2-4-6-20/h2-14,25-27,36H,15-19H2,1H3,(H2,30,31,37). The number of tetrazole rings is 1. The van der Waals surface area contributed by atoms with Crippen LogP contribution in [0.15, 0.2) is 84.0 Å². The number of aliphatic hydroxyl groups excluding tert-OH is 1. The van der Waals surface area contributed by atoms with Gasteiger partial charge in [0.05, 0.1) is 18.8 Å². The minimum Gasteiger partial charge on any atom is -0.392 e. The molecule has 0 radical (unpaired) electrons.